The van der Waals surface area contributed by atoms with Crippen LogP contribution in [0.25, 0.3) is 11.1 Å². The van der Waals surface area contributed by atoms with Crippen molar-refractivity contribution in [2.45, 2.75) is 212 Å². The van der Waals surface area contributed by atoms with Crippen molar-refractivity contribution < 1.29 is 0 Å². The number of rotatable bonds is 3. The lowest BCUT2D eigenvalue weighted by atomic mass is 9.32. The Labute approximate surface area is 433 Å². The predicted molar refractivity (Wildman–Crippen MR) is 310 cm³/mol. The SMILES string of the molecule is Cc1cc2c3c(c1)N(c1ccc4c(c1)C(C)(C)CCC4(C)C)c1sc4c(c1B3c1cc3c(cc1N2c1cc2c(cc1-c1ccccc1)C(C)(C)CCC2(C)C)C(C)(C)CCC3(C)C)C(C)(C)CCC4(C)C. The third-order valence-corrected chi connectivity index (χ3v) is 21.6. The molecular weight excluding hydrogens is 876 g/mol. The summed E-state index contributed by atoms with van der Waals surface area (Å²) in [6.07, 6.45) is 9.52. The molecule has 4 aliphatic carbocycles. The number of nitrogens with zero attached hydrogens (tertiary/aromatic N) is 2. The smallest absolute Gasteiger partial charge is 0.253 e. The highest BCUT2D eigenvalue weighted by Gasteiger charge is 2.53. The zero-order valence-corrected chi connectivity index (χ0v) is 47.4. The fourth-order valence-electron chi connectivity index (χ4n) is 14.9. The van der Waals surface area contributed by atoms with Gasteiger partial charge < -0.3 is 9.80 Å². The fraction of sp³-hybridized carbons (Fsp3) is 0.493. The van der Waals surface area contributed by atoms with E-state index < -0.39 is 0 Å². The molecule has 3 heterocycles. The standard InChI is InChI=1S/C67H81BN2S/c1-40-33-53-56-54(34-40)70(51-38-48-46(62(6,7)27-29-64(48,10)11)36-43(51)41-21-19-18-20-22-41)52-39-49-47(63(8,9)28-30-65(49,12)13)37-50(52)68(56)57-55-58(67(16,17)32-31-66(55,14)15)71-59(57)69(53)42-23-24-44-45(35-42)61(4,5)26-25-60(44,2)3/h18-24,33-39H,25-32H2,1-17H3. The van der Waals surface area contributed by atoms with E-state index in [9.17, 15) is 0 Å². The molecule has 0 saturated carbocycles. The van der Waals surface area contributed by atoms with E-state index >= 15 is 0 Å². The Hall–Kier alpha value is -4.54. The molecule has 0 saturated heterocycles. The molecule has 0 amide bonds. The minimum atomic E-state index is 0.0228. The molecule has 4 heteroatoms. The molecule has 6 aliphatic rings. The minimum absolute atomic E-state index is 0.0228. The van der Waals surface area contributed by atoms with Crippen molar-refractivity contribution in [2.24, 2.45) is 0 Å². The van der Waals surface area contributed by atoms with Crippen molar-refractivity contribution in [3.8, 4) is 11.1 Å². The van der Waals surface area contributed by atoms with E-state index in [4.69, 9.17) is 0 Å². The summed E-state index contributed by atoms with van der Waals surface area (Å²) in [5, 5.41) is 1.44. The van der Waals surface area contributed by atoms with Gasteiger partial charge >= 0.3 is 0 Å². The molecule has 6 aromatic rings. The van der Waals surface area contributed by atoms with E-state index in [0.717, 1.165) is 0 Å². The molecule has 2 nitrogen and oxygen atoms in total. The van der Waals surface area contributed by atoms with Crippen LogP contribution in [0.1, 0.15) is 212 Å². The quantitative estimate of drug-likeness (QED) is 0.163. The molecule has 2 aliphatic heterocycles. The third-order valence-electron chi connectivity index (χ3n) is 20.1. The predicted octanol–water partition coefficient (Wildman–Crippen LogP) is 17.2. The van der Waals surface area contributed by atoms with Gasteiger partial charge in [-0.2, -0.15) is 0 Å². The molecule has 0 spiro atoms. The van der Waals surface area contributed by atoms with Crippen molar-refractivity contribution in [1.29, 1.82) is 0 Å². The zero-order chi connectivity index (χ0) is 50.5. The van der Waals surface area contributed by atoms with Gasteiger partial charge in [-0.1, -0.05) is 153 Å². The lowest BCUT2D eigenvalue weighted by molar-refractivity contribution is 0.332. The highest BCUT2D eigenvalue weighted by Crippen LogP contribution is 2.59. The van der Waals surface area contributed by atoms with Gasteiger partial charge in [0, 0.05) is 33.2 Å². The van der Waals surface area contributed by atoms with Crippen LogP contribution in [0.4, 0.5) is 33.4 Å². The van der Waals surface area contributed by atoms with Crippen molar-refractivity contribution in [3.05, 3.63) is 134 Å². The van der Waals surface area contributed by atoms with Crippen molar-refractivity contribution >= 4 is 67.9 Å². The van der Waals surface area contributed by atoms with Gasteiger partial charge in [-0.15, -0.1) is 11.3 Å². The molecular formula is C67H81BN2S. The lowest BCUT2D eigenvalue weighted by Crippen LogP contribution is -2.63. The van der Waals surface area contributed by atoms with E-state index in [1.807, 2.05) is 0 Å². The topological polar surface area (TPSA) is 6.48 Å². The molecule has 368 valence electrons. The van der Waals surface area contributed by atoms with Gasteiger partial charge in [-0.25, -0.2) is 0 Å². The Morgan fingerprint density at radius 1 is 0.408 bits per heavy atom. The van der Waals surface area contributed by atoms with Crippen LogP contribution in [0.5, 0.6) is 0 Å². The minimum Gasteiger partial charge on any atom is -0.311 e. The lowest BCUT2D eigenvalue weighted by Gasteiger charge is -2.49. The largest absolute Gasteiger partial charge is 0.311 e. The van der Waals surface area contributed by atoms with E-state index in [2.05, 4.69) is 224 Å². The summed E-state index contributed by atoms with van der Waals surface area (Å²) in [6, 6.07) is 35.0. The Kier molecular flexibility index (Phi) is 9.91. The van der Waals surface area contributed by atoms with Crippen molar-refractivity contribution in [1.82, 2.24) is 0 Å². The number of thiophene rings is 1. The number of hydrogen-bond donors (Lipinski definition) is 0. The van der Waals surface area contributed by atoms with Gasteiger partial charge in [0.2, 0.25) is 0 Å². The van der Waals surface area contributed by atoms with Crippen LogP contribution in [0.2, 0.25) is 0 Å². The first-order valence-corrected chi connectivity index (χ1v) is 28.4. The van der Waals surface area contributed by atoms with E-state index in [1.165, 1.54) is 140 Å². The molecule has 0 unspecified atom stereocenters. The van der Waals surface area contributed by atoms with Crippen LogP contribution >= 0.6 is 11.3 Å². The van der Waals surface area contributed by atoms with Gasteiger partial charge in [0.15, 0.2) is 0 Å². The molecule has 0 bridgehead atoms. The summed E-state index contributed by atoms with van der Waals surface area (Å²) in [7, 11) is 0. The first kappa shape index (κ1) is 47.5. The third kappa shape index (κ3) is 6.83. The molecule has 1 aromatic heterocycles. The maximum absolute atomic E-state index is 2.81. The summed E-state index contributed by atoms with van der Waals surface area (Å²) in [5.74, 6) is 0. The fourth-order valence-corrected chi connectivity index (χ4v) is 16.6. The van der Waals surface area contributed by atoms with Crippen LogP contribution < -0.4 is 26.2 Å². The molecule has 0 atom stereocenters. The Morgan fingerprint density at radius 3 is 1.45 bits per heavy atom. The van der Waals surface area contributed by atoms with E-state index in [-0.39, 0.29) is 50.0 Å². The molecule has 5 aromatic carbocycles. The maximum Gasteiger partial charge on any atom is 0.253 e. The van der Waals surface area contributed by atoms with Crippen LogP contribution in [0.3, 0.4) is 0 Å². The van der Waals surface area contributed by atoms with Gasteiger partial charge in [0.05, 0.1) is 10.7 Å². The molecule has 0 fully saturated rings. The molecule has 0 radical (unpaired) electrons. The highest BCUT2D eigenvalue weighted by molar-refractivity contribution is 7.20. The molecule has 71 heavy (non-hydrogen) atoms. The number of fused-ring (bicyclic) bond motifs is 9. The number of aryl methyl sites for hydroxylation is 1. The number of benzene rings is 5. The normalized spacial score (nSPS) is 22.5. The first-order valence-electron chi connectivity index (χ1n) is 27.6. The summed E-state index contributed by atoms with van der Waals surface area (Å²) >= 11 is 2.13. The average molecular weight is 957 g/mol. The monoisotopic (exact) mass is 957 g/mol. The highest BCUT2D eigenvalue weighted by atomic mass is 32.1. The van der Waals surface area contributed by atoms with Crippen LogP contribution in [-0.4, -0.2) is 6.71 Å². The van der Waals surface area contributed by atoms with Crippen molar-refractivity contribution in [3.63, 3.8) is 0 Å². The van der Waals surface area contributed by atoms with E-state index in [0.29, 0.717) is 0 Å². The zero-order valence-electron chi connectivity index (χ0n) is 46.6. The average Bonchev–Trinajstić information content (AvgIpc) is 3.72. The molecule has 12 rings (SSSR count). The van der Waals surface area contributed by atoms with Gasteiger partial charge in [-0.05, 0) is 211 Å². The van der Waals surface area contributed by atoms with Crippen LogP contribution in [0, 0.1) is 6.92 Å². The van der Waals surface area contributed by atoms with Gasteiger partial charge in [0.1, 0.15) is 0 Å². The summed E-state index contributed by atoms with van der Waals surface area (Å²) in [5.41, 5.74) is 26.4. The van der Waals surface area contributed by atoms with Crippen LogP contribution in [-0.2, 0) is 43.3 Å². The second kappa shape index (κ2) is 14.8. The van der Waals surface area contributed by atoms with Crippen LogP contribution in [0.15, 0.2) is 84.9 Å². The van der Waals surface area contributed by atoms with Crippen molar-refractivity contribution in [2.75, 3.05) is 9.80 Å². The number of hydrogen-bond acceptors (Lipinski definition) is 3. The Balaban J connectivity index is 1.25. The Bertz CT molecular complexity index is 3240. The second-order valence-corrected chi connectivity index (χ2v) is 29.9. The van der Waals surface area contributed by atoms with Gasteiger partial charge in [-0.3, -0.25) is 0 Å². The maximum atomic E-state index is 2.81. The molecule has 0 N–H and O–H groups in total. The first-order chi connectivity index (χ1) is 33.0. The number of anilines is 6. The second-order valence-electron chi connectivity index (χ2n) is 28.9. The summed E-state index contributed by atoms with van der Waals surface area (Å²) in [6.45, 7) is 42.7. The Morgan fingerprint density at radius 2 is 0.873 bits per heavy atom. The summed E-state index contributed by atoms with van der Waals surface area (Å²) < 4.78 is 0. The van der Waals surface area contributed by atoms with Gasteiger partial charge in [0.25, 0.3) is 6.71 Å². The summed E-state index contributed by atoms with van der Waals surface area (Å²) in [4.78, 5) is 7.20. The van der Waals surface area contributed by atoms with E-state index in [1.54, 1.807) is 21.5 Å².